The number of nitrogen functional groups attached to an aromatic ring is 1. The van der Waals surface area contributed by atoms with Crippen LogP contribution in [0.4, 0.5) is 29.1 Å². The average Bonchev–Trinajstić information content (AvgIpc) is 3.68. The molecule has 2 aromatic carbocycles. The molecule has 5 rings (SSSR count). The van der Waals surface area contributed by atoms with E-state index in [9.17, 15) is 31.9 Å². The number of anilines is 2. The van der Waals surface area contributed by atoms with E-state index in [0.717, 1.165) is 6.42 Å². The van der Waals surface area contributed by atoms with E-state index in [-0.39, 0.29) is 28.4 Å². The van der Waals surface area contributed by atoms with Gasteiger partial charge in [0, 0.05) is 49.5 Å². The van der Waals surface area contributed by atoms with E-state index in [1.807, 2.05) is 19.4 Å². The molecule has 3 heterocycles. The Morgan fingerprint density at radius 2 is 1.82 bits per heavy atom. The van der Waals surface area contributed by atoms with Gasteiger partial charge in [-0.1, -0.05) is 42.3 Å². The number of aryl methyl sites for hydroxylation is 1. The first kappa shape index (κ1) is 35.9. The lowest BCUT2D eigenvalue weighted by Crippen LogP contribution is -2.33. The number of benzene rings is 2. The number of likely N-dealkylation sites (tertiary alicyclic amines) is 1. The van der Waals surface area contributed by atoms with Crippen molar-refractivity contribution in [2.24, 2.45) is 7.05 Å². The second-order valence-electron chi connectivity index (χ2n) is 11.9. The molecule has 0 spiro atoms. The number of halogens is 5. The highest BCUT2D eigenvalue weighted by molar-refractivity contribution is 6.34. The van der Waals surface area contributed by atoms with Crippen LogP contribution >= 0.6 is 11.6 Å². The second kappa shape index (κ2) is 14.2. The highest BCUT2D eigenvalue weighted by Crippen LogP contribution is 2.44. The maximum Gasteiger partial charge on any atom is 0.405 e. The van der Waals surface area contributed by atoms with E-state index in [1.54, 1.807) is 40.8 Å². The Bertz CT molecular complexity index is 2080. The summed E-state index contributed by atoms with van der Waals surface area (Å²) in [6.45, 7) is 2.59. The Morgan fingerprint density at radius 3 is 2.42 bits per heavy atom. The molecule has 4 aromatic rings. The Hall–Kier alpha value is -5.39. The minimum absolute atomic E-state index is 0.107. The number of hydrogen-bond donors (Lipinski definition) is 3. The van der Waals surface area contributed by atoms with Gasteiger partial charge in [-0.15, -0.1) is 0 Å². The van der Waals surface area contributed by atoms with Gasteiger partial charge in [0.15, 0.2) is 5.83 Å². The molecule has 1 fully saturated rings. The van der Waals surface area contributed by atoms with E-state index in [0.29, 0.717) is 57.6 Å². The van der Waals surface area contributed by atoms with Crippen molar-refractivity contribution in [2.75, 3.05) is 44.8 Å². The van der Waals surface area contributed by atoms with Crippen LogP contribution in [0.5, 0.6) is 0 Å². The van der Waals surface area contributed by atoms with Crippen molar-refractivity contribution >= 4 is 51.7 Å². The van der Waals surface area contributed by atoms with E-state index < -0.39 is 30.4 Å². The summed E-state index contributed by atoms with van der Waals surface area (Å²) in [6.07, 6.45) is -2.33. The zero-order valence-corrected chi connectivity index (χ0v) is 28.0. The van der Waals surface area contributed by atoms with Crippen molar-refractivity contribution in [3.8, 4) is 34.2 Å². The van der Waals surface area contributed by atoms with Crippen molar-refractivity contribution in [1.29, 1.82) is 0 Å². The fraction of sp³-hybridized carbons (Fsp3) is 0.257. The van der Waals surface area contributed by atoms with E-state index in [2.05, 4.69) is 33.6 Å². The van der Waals surface area contributed by atoms with Gasteiger partial charge in [0.2, 0.25) is 0 Å². The van der Waals surface area contributed by atoms with Crippen LogP contribution in [0, 0.1) is 11.8 Å². The molecule has 1 aliphatic rings. The van der Waals surface area contributed by atoms with Crippen molar-refractivity contribution in [3.05, 3.63) is 77.2 Å². The summed E-state index contributed by atoms with van der Waals surface area (Å²) in [5, 5.41) is 4.53. The standard InChI is InChI=1S/C35H32ClF4N7O3/c1-19(37)33(49)44-23-9-5-20(6-10-23)30-28(21-7-11-25(26(36)15-21)34(50)43-18-35(38,39)40)29-31(46(30)4)22(16-42-32(29)41)8-12-27(48)47-14-13-24(17-47)45(2)3/h5-7,9-11,15-16,24H,1,13-14,17-18H2,2-4H3,(H2,41,42)(H,43,50)(H,44,49)/t24-/m0/s1. The number of alkyl halides is 3. The van der Waals surface area contributed by atoms with Crippen molar-refractivity contribution in [2.45, 2.75) is 18.6 Å². The highest BCUT2D eigenvalue weighted by atomic mass is 35.5. The Morgan fingerprint density at radius 1 is 1.14 bits per heavy atom. The number of nitrogens with two attached hydrogens (primary N) is 1. The van der Waals surface area contributed by atoms with E-state index in [1.165, 1.54) is 24.4 Å². The summed E-state index contributed by atoms with van der Waals surface area (Å²) in [5.41, 5.74) is 9.59. The van der Waals surface area contributed by atoms with Gasteiger partial charge in [0.1, 0.15) is 12.4 Å². The molecule has 1 saturated heterocycles. The molecule has 0 saturated carbocycles. The molecule has 4 N–H and O–H groups in total. The maximum atomic E-state index is 13.3. The quantitative estimate of drug-likeness (QED) is 0.135. The predicted molar refractivity (Wildman–Crippen MR) is 184 cm³/mol. The molecule has 2 aromatic heterocycles. The summed E-state index contributed by atoms with van der Waals surface area (Å²) < 4.78 is 53.4. The van der Waals surface area contributed by atoms with Gasteiger partial charge in [0.25, 0.3) is 17.7 Å². The number of carbonyl (C=O) groups excluding carboxylic acids is 3. The molecule has 260 valence electrons. The molecule has 3 amide bonds. The van der Waals surface area contributed by atoms with Crippen LogP contribution in [0.3, 0.4) is 0 Å². The number of nitrogens with zero attached hydrogens (tertiary/aromatic N) is 4. The van der Waals surface area contributed by atoms with Crippen molar-refractivity contribution in [1.82, 2.24) is 24.7 Å². The molecule has 1 atom stereocenters. The van der Waals surface area contributed by atoms with Crippen LogP contribution in [0.15, 0.2) is 61.1 Å². The number of pyridine rings is 1. The van der Waals surface area contributed by atoms with Gasteiger partial charge in [0.05, 0.1) is 32.7 Å². The maximum absolute atomic E-state index is 13.3. The van der Waals surface area contributed by atoms with Gasteiger partial charge >= 0.3 is 6.18 Å². The first-order valence-electron chi connectivity index (χ1n) is 15.2. The van der Waals surface area contributed by atoms with Crippen molar-refractivity contribution < 1.29 is 31.9 Å². The number of fused-ring (bicyclic) bond motifs is 1. The number of rotatable bonds is 7. The number of hydrogen-bond acceptors (Lipinski definition) is 6. The summed E-state index contributed by atoms with van der Waals surface area (Å²) in [5.74, 6) is 2.30. The molecular weight excluding hydrogens is 678 g/mol. The number of amides is 3. The van der Waals surface area contributed by atoms with Crippen LogP contribution in [-0.4, -0.2) is 83.0 Å². The molecule has 50 heavy (non-hydrogen) atoms. The monoisotopic (exact) mass is 709 g/mol. The zero-order valence-electron chi connectivity index (χ0n) is 27.2. The van der Waals surface area contributed by atoms with Crippen LogP contribution in [0.2, 0.25) is 5.02 Å². The minimum atomic E-state index is -4.61. The Kier molecular flexibility index (Phi) is 10.2. The summed E-state index contributed by atoms with van der Waals surface area (Å²) >= 11 is 6.48. The summed E-state index contributed by atoms with van der Waals surface area (Å²) in [7, 11) is 5.67. The van der Waals surface area contributed by atoms with E-state index in [4.69, 9.17) is 17.3 Å². The van der Waals surface area contributed by atoms with Gasteiger partial charge in [-0.3, -0.25) is 14.4 Å². The Labute approximate surface area is 289 Å². The normalized spacial score (nSPS) is 14.4. The summed E-state index contributed by atoms with van der Waals surface area (Å²) in [6, 6.07) is 10.9. The first-order chi connectivity index (χ1) is 23.6. The fourth-order valence-electron chi connectivity index (χ4n) is 5.81. The van der Waals surface area contributed by atoms with Crippen LogP contribution in [0.1, 0.15) is 22.3 Å². The second-order valence-corrected chi connectivity index (χ2v) is 12.3. The van der Waals surface area contributed by atoms with E-state index >= 15 is 0 Å². The van der Waals surface area contributed by atoms with Gasteiger partial charge in [-0.25, -0.2) is 9.37 Å². The predicted octanol–water partition coefficient (Wildman–Crippen LogP) is 5.37. The van der Waals surface area contributed by atoms with Crippen LogP contribution in [-0.2, 0) is 16.6 Å². The molecule has 1 aliphatic heterocycles. The SMILES string of the molecule is C=C(F)C(=O)Nc1ccc(-c2c(-c3ccc(C(=O)NCC(F)(F)F)c(Cl)c3)c3c(N)ncc(C#CC(=O)N4CC[C@H](N(C)C)C4)c3n2C)cc1. The van der Waals surface area contributed by atoms with Crippen LogP contribution in [0.25, 0.3) is 33.3 Å². The first-order valence-corrected chi connectivity index (χ1v) is 15.6. The third-order valence-corrected chi connectivity index (χ3v) is 8.65. The topological polar surface area (TPSA) is 126 Å². The van der Waals surface area contributed by atoms with Gasteiger partial charge in [-0.2, -0.15) is 13.2 Å². The molecule has 0 unspecified atom stereocenters. The fourth-order valence-corrected chi connectivity index (χ4v) is 6.07. The van der Waals surface area contributed by atoms with Gasteiger partial charge in [-0.05, 0) is 55.9 Å². The Balaban J connectivity index is 1.64. The third-order valence-electron chi connectivity index (χ3n) is 8.34. The highest BCUT2D eigenvalue weighted by Gasteiger charge is 2.29. The van der Waals surface area contributed by atoms with Crippen LogP contribution < -0.4 is 16.4 Å². The third kappa shape index (κ3) is 7.59. The molecule has 0 radical (unpaired) electrons. The number of aromatic nitrogens is 2. The van der Waals surface area contributed by atoms with Crippen molar-refractivity contribution in [3.63, 3.8) is 0 Å². The number of nitrogens with one attached hydrogen (secondary N) is 2. The molecule has 10 nitrogen and oxygen atoms in total. The number of carbonyl (C=O) groups is 3. The van der Waals surface area contributed by atoms with Gasteiger partial charge < -0.3 is 30.7 Å². The smallest absolute Gasteiger partial charge is 0.383 e. The lowest BCUT2D eigenvalue weighted by molar-refractivity contribution is -0.124. The molecule has 15 heteroatoms. The number of likely N-dealkylation sites (N-methyl/N-ethyl adjacent to an activating group) is 1. The lowest BCUT2D eigenvalue weighted by atomic mass is 9.96. The lowest BCUT2D eigenvalue weighted by Gasteiger charge is -2.18. The molecule has 0 bridgehead atoms. The molecule has 0 aliphatic carbocycles. The largest absolute Gasteiger partial charge is 0.405 e. The zero-order chi connectivity index (χ0) is 36.5. The minimum Gasteiger partial charge on any atom is -0.383 e. The molecular formula is C35H32ClF4N7O3. The summed E-state index contributed by atoms with van der Waals surface area (Å²) in [4.78, 5) is 45.6. The average molecular weight is 710 g/mol.